The largest absolute Gasteiger partial charge is 0.506 e. The summed E-state index contributed by atoms with van der Waals surface area (Å²) < 4.78 is 0. The van der Waals surface area contributed by atoms with Gasteiger partial charge >= 0.3 is 0 Å². The van der Waals surface area contributed by atoms with Crippen molar-refractivity contribution in [1.82, 2.24) is 10.3 Å². The normalized spacial score (nSPS) is 12.0. The molecule has 108 valence electrons. The molecule has 4 nitrogen and oxygen atoms in total. The van der Waals surface area contributed by atoms with E-state index in [0.29, 0.717) is 17.8 Å². The van der Waals surface area contributed by atoms with Crippen molar-refractivity contribution in [3.05, 3.63) is 36.0 Å². The van der Waals surface area contributed by atoms with E-state index in [9.17, 15) is 9.90 Å². The van der Waals surface area contributed by atoms with Crippen LogP contribution in [-0.2, 0) is 10.5 Å². The van der Waals surface area contributed by atoms with Crippen LogP contribution in [0.25, 0.3) is 10.9 Å². The first-order valence-corrected chi connectivity index (χ1v) is 7.67. The van der Waals surface area contributed by atoms with Crippen LogP contribution in [0, 0.1) is 12.3 Å². The number of fused-ring (bicyclic) bond motifs is 1. The third-order valence-electron chi connectivity index (χ3n) is 3.02. The van der Waals surface area contributed by atoms with Gasteiger partial charge in [0.1, 0.15) is 17.6 Å². The lowest BCUT2D eigenvalue weighted by Crippen LogP contribution is -2.33. The SMILES string of the molecule is C#CCNC(C=O)CSCc1ccc(O)c2ncccc12. The zero-order chi connectivity index (χ0) is 15.1. The molecule has 1 heterocycles. The van der Waals surface area contributed by atoms with Gasteiger partial charge in [-0.2, -0.15) is 11.8 Å². The van der Waals surface area contributed by atoms with E-state index in [-0.39, 0.29) is 11.8 Å². The first-order valence-electron chi connectivity index (χ1n) is 6.51. The summed E-state index contributed by atoms with van der Waals surface area (Å²) in [6, 6.07) is 7.08. The minimum atomic E-state index is -0.243. The number of carbonyl (C=O) groups excluding carboxylic acids is 1. The quantitative estimate of drug-likeness (QED) is 0.604. The summed E-state index contributed by atoms with van der Waals surface area (Å²) in [5.41, 5.74) is 1.69. The molecule has 2 aromatic rings. The molecule has 1 unspecified atom stereocenters. The van der Waals surface area contributed by atoms with Crippen molar-refractivity contribution in [2.75, 3.05) is 12.3 Å². The Morgan fingerprint density at radius 1 is 1.48 bits per heavy atom. The Hall–Kier alpha value is -2.03. The highest BCUT2D eigenvalue weighted by Crippen LogP contribution is 2.27. The zero-order valence-electron chi connectivity index (χ0n) is 11.5. The molecule has 21 heavy (non-hydrogen) atoms. The Morgan fingerprint density at radius 3 is 3.10 bits per heavy atom. The molecule has 0 aliphatic heterocycles. The fourth-order valence-electron chi connectivity index (χ4n) is 1.97. The van der Waals surface area contributed by atoms with Gasteiger partial charge in [-0.1, -0.05) is 18.1 Å². The smallest absolute Gasteiger partial charge is 0.141 e. The first-order chi connectivity index (χ1) is 10.3. The van der Waals surface area contributed by atoms with Crippen LogP contribution in [0.15, 0.2) is 30.5 Å². The van der Waals surface area contributed by atoms with Gasteiger partial charge < -0.3 is 9.90 Å². The number of carbonyl (C=O) groups is 1. The summed E-state index contributed by atoms with van der Waals surface area (Å²) in [5.74, 6) is 4.02. The predicted molar refractivity (Wildman–Crippen MR) is 86.3 cm³/mol. The average molecular weight is 300 g/mol. The van der Waals surface area contributed by atoms with Crippen molar-refractivity contribution in [2.45, 2.75) is 11.8 Å². The number of hydrogen-bond donors (Lipinski definition) is 2. The van der Waals surface area contributed by atoms with Crippen LogP contribution in [0.4, 0.5) is 0 Å². The molecule has 0 fully saturated rings. The molecule has 0 radical (unpaired) electrons. The molecule has 1 aromatic heterocycles. The second-order valence-corrected chi connectivity index (χ2v) is 5.52. The minimum Gasteiger partial charge on any atom is -0.506 e. The van der Waals surface area contributed by atoms with E-state index in [1.165, 1.54) is 0 Å². The molecule has 0 saturated heterocycles. The number of thioether (sulfide) groups is 1. The Bertz CT molecular complexity index is 667. The second kappa shape index (κ2) is 7.67. The lowest BCUT2D eigenvalue weighted by Gasteiger charge is -2.11. The number of hydrogen-bond acceptors (Lipinski definition) is 5. The van der Waals surface area contributed by atoms with Crippen LogP contribution >= 0.6 is 11.8 Å². The van der Waals surface area contributed by atoms with E-state index in [4.69, 9.17) is 6.42 Å². The fraction of sp³-hybridized carbons (Fsp3) is 0.250. The highest BCUT2D eigenvalue weighted by Gasteiger charge is 2.09. The summed E-state index contributed by atoms with van der Waals surface area (Å²) in [7, 11) is 0. The Morgan fingerprint density at radius 2 is 2.33 bits per heavy atom. The van der Waals surface area contributed by atoms with Crippen molar-refractivity contribution >= 4 is 29.0 Å². The van der Waals surface area contributed by atoms with E-state index in [1.807, 2.05) is 18.2 Å². The number of pyridine rings is 1. The predicted octanol–water partition coefficient (Wildman–Crippen LogP) is 1.96. The van der Waals surface area contributed by atoms with Crippen molar-refractivity contribution < 1.29 is 9.90 Å². The van der Waals surface area contributed by atoms with E-state index in [0.717, 1.165) is 23.0 Å². The molecule has 2 rings (SSSR count). The monoisotopic (exact) mass is 300 g/mol. The number of nitrogens with zero attached hydrogens (tertiary/aromatic N) is 1. The number of aromatic nitrogens is 1. The maximum Gasteiger partial charge on any atom is 0.141 e. The molecule has 2 N–H and O–H groups in total. The lowest BCUT2D eigenvalue weighted by atomic mass is 10.1. The average Bonchev–Trinajstić information content (AvgIpc) is 2.53. The standard InChI is InChI=1S/C16H16N2O2S/c1-2-7-17-13(9-19)11-21-10-12-5-6-15(20)16-14(12)4-3-8-18-16/h1,3-6,8-9,13,17,20H,7,10-11H2. The van der Waals surface area contributed by atoms with Gasteiger partial charge in [0.2, 0.25) is 0 Å². The van der Waals surface area contributed by atoms with Crippen LogP contribution in [0.5, 0.6) is 5.75 Å². The van der Waals surface area contributed by atoms with Crippen LogP contribution in [-0.4, -0.2) is 34.7 Å². The summed E-state index contributed by atoms with van der Waals surface area (Å²) in [4.78, 5) is 15.1. The van der Waals surface area contributed by atoms with Gasteiger partial charge in [-0.15, -0.1) is 6.42 Å². The third kappa shape index (κ3) is 3.97. The molecule has 0 aliphatic carbocycles. The van der Waals surface area contributed by atoms with Gasteiger partial charge in [-0.05, 0) is 17.7 Å². The highest BCUT2D eigenvalue weighted by atomic mass is 32.2. The van der Waals surface area contributed by atoms with Gasteiger partial charge in [0.05, 0.1) is 12.6 Å². The minimum absolute atomic E-state index is 0.181. The molecule has 0 saturated carbocycles. The number of nitrogens with one attached hydrogen (secondary N) is 1. The summed E-state index contributed by atoms with van der Waals surface area (Å²) in [6.07, 6.45) is 7.70. The number of aldehydes is 1. The summed E-state index contributed by atoms with van der Waals surface area (Å²) in [5, 5.41) is 13.7. The fourth-order valence-corrected chi connectivity index (χ4v) is 3.01. The molecular formula is C16H16N2O2S. The van der Waals surface area contributed by atoms with Crippen molar-refractivity contribution in [1.29, 1.82) is 0 Å². The number of aromatic hydroxyl groups is 1. The number of phenolic OH excluding ortho intramolecular Hbond substituents is 1. The zero-order valence-corrected chi connectivity index (χ0v) is 12.3. The Kier molecular flexibility index (Phi) is 5.61. The first kappa shape index (κ1) is 15.4. The van der Waals surface area contributed by atoms with Gasteiger partial charge in [0.25, 0.3) is 0 Å². The molecular weight excluding hydrogens is 284 g/mol. The van der Waals surface area contributed by atoms with Gasteiger partial charge in [0.15, 0.2) is 0 Å². The van der Waals surface area contributed by atoms with Crippen LogP contribution in [0.2, 0.25) is 0 Å². The highest BCUT2D eigenvalue weighted by molar-refractivity contribution is 7.98. The maximum absolute atomic E-state index is 10.9. The Labute approximate surface area is 128 Å². The molecule has 0 spiro atoms. The number of terminal acetylenes is 1. The summed E-state index contributed by atoms with van der Waals surface area (Å²) >= 11 is 1.64. The number of rotatable bonds is 7. The van der Waals surface area contributed by atoms with Crippen molar-refractivity contribution in [2.24, 2.45) is 0 Å². The number of phenols is 1. The molecule has 0 amide bonds. The molecule has 0 aliphatic rings. The van der Waals surface area contributed by atoms with Gasteiger partial charge in [0, 0.05) is 23.1 Å². The van der Waals surface area contributed by atoms with Crippen LogP contribution < -0.4 is 5.32 Å². The van der Waals surface area contributed by atoms with Gasteiger partial charge in [-0.3, -0.25) is 10.3 Å². The Balaban J connectivity index is 2.02. The topological polar surface area (TPSA) is 62.2 Å². The van der Waals surface area contributed by atoms with E-state index in [2.05, 4.69) is 16.2 Å². The van der Waals surface area contributed by atoms with Crippen molar-refractivity contribution in [3.63, 3.8) is 0 Å². The van der Waals surface area contributed by atoms with Crippen LogP contribution in [0.1, 0.15) is 5.56 Å². The summed E-state index contributed by atoms with van der Waals surface area (Å²) in [6.45, 7) is 0.385. The molecule has 5 heteroatoms. The second-order valence-electron chi connectivity index (χ2n) is 4.49. The lowest BCUT2D eigenvalue weighted by molar-refractivity contribution is -0.109. The third-order valence-corrected chi connectivity index (χ3v) is 4.13. The molecule has 1 aromatic carbocycles. The number of benzene rings is 1. The van der Waals surface area contributed by atoms with E-state index in [1.54, 1.807) is 24.0 Å². The van der Waals surface area contributed by atoms with Crippen LogP contribution in [0.3, 0.4) is 0 Å². The van der Waals surface area contributed by atoms with E-state index >= 15 is 0 Å². The van der Waals surface area contributed by atoms with E-state index < -0.39 is 0 Å². The van der Waals surface area contributed by atoms with Gasteiger partial charge in [-0.25, -0.2) is 0 Å². The molecule has 1 atom stereocenters. The van der Waals surface area contributed by atoms with Crippen molar-refractivity contribution in [3.8, 4) is 18.1 Å². The molecule has 0 bridgehead atoms. The maximum atomic E-state index is 10.9.